The smallest absolute Gasteiger partial charge is 0.202 e. The number of nitrogens with zero attached hydrogens (tertiary/aromatic N) is 1. The number of pyridine rings is 1. The van der Waals surface area contributed by atoms with Gasteiger partial charge in [-0.3, -0.25) is 19.4 Å². The molecule has 45 heavy (non-hydrogen) atoms. The van der Waals surface area contributed by atoms with Crippen LogP contribution in [0.4, 0.5) is 0 Å². The van der Waals surface area contributed by atoms with Crippen LogP contribution in [0.25, 0.3) is 0 Å². The molecule has 0 unspecified atom stereocenters. The average Bonchev–Trinajstić information content (AvgIpc) is 3.02. The lowest BCUT2D eigenvalue weighted by Crippen LogP contribution is -2.54. The fraction of sp³-hybridized carbons (Fsp3) is 0.394. The molecule has 5 N–H and O–H groups in total. The first-order valence-corrected chi connectivity index (χ1v) is 14.7. The zero-order chi connectivity index (χ0) is 32.2. The van der Waals surface area contributed by atoms with Gasteiger partial charge in [0, 0.05) is 60.9 Å². The molecule has 0 bridgehead atoms. The van der Waals surface area contributed by atoms with E-state index in [1.165, 1.54) is 32.2 Å². The Kier molecular flexibility index (Phi) is 7.96. The molecule has 2 aliphatic carbocycles. The van der Waals surface area contributed by atoms with Gasteiger partial charge >= 0.3 is 0 Å². The van der Waals surface area contributed by atoms with Gasteiger partial charge in [0.05, 0.1) is 42.1 Å². The van der Waals surface area contributed by atoms with Crippen LogP contribution in [0.3, 0.4) is 0 Å². The van der Waals surface area contributed by atoms with Crippen molar-refractivity contribution in [3.8, 4) is 17.2 Å². The molecule has 2 heterocycles. The minimum absolute atomic E-state index is 0.0135. The van der Waals surface area contributed by atoms with Crippen LogP contribution < -0.4 is 10.1 Å². The second-order valence-electron chi connectivity index (χ2n) is 11.8. The molecule has 12 nitrogen and oxygen atoms in total. The lowest BCUT2D eigenvalue weighted by molar-refractivity contribution is -0.249. The minimum atomic E-state index is -2.02. The van der Waals surface area contributed by atoms with Gasteiger partial charge in [0.15, 0.2) is 17.9 Å². The second kappa shape index (κ2) is 11.6. The first-order chi connectivity index (χ1) is 21.4. The van der Waals surface area contributed by atoms with Gasteiger partial charge in [0.25, 0.3) is 0 Å². The molecule has 3 aromatic rings. The van der Waals surface area contributed by atoms with E-state index in [2.05, 4.69) is 10.3 Å². The minimum Gasteiger partial charge on any atom is -0.507 e. The summed E-state index contributed by atoms with van der Waals surface area (Å²) in [5.74, 6) is -3.15. The molecule has 2 aromatic carbocycles. The number of Topliss-reactive ketones (excluding diaryl/α,β-unsaturated/α-hetero) is 1. The number of carbonyl (C=O) groups is 3. The molecule has 12 heteroatoms. The predicted molar refractivity (Wildman–Crippen MR) is 157 cm³/mol. The molecule has 0 radical (unpaired) electrons. The van der Waals surface area contributed by atoms with Crippen LogP contribution in [0.2, 0.25) is 0 Å². The molecule has 6 rings (SSSR count). The predicted octanol–water partition coefficient (Wildman–Crippen LogP) is 2.25. The van der Waals surface area contributed by atoms with Crippen molar-refractivity contribution in [1.29, 1.82) is 0 Å². The van der Waals surface area contributed by atoms with Crippen LogP contribution in [-0.4, -0.2) is 80.0 Å². The number of ketones is 3. The molecule has 3 aliphatic rings. The number of aromatic nitrogens is 1. The molecule has 6 atom stereocenters. The number of aliphatic hydroxyl groups is 2. The normalized spacial score (nSPS) is 27.4. The third kappa shape index (κ3) is 5.18. The number of carbonyl (C=O) groups excluding carboxylic acids is 3. The van der Waals surface area contributed by atoms with E-state index >= 15 is 0 Å². The summed E-state index contributed by atoms with van der Waals surface area (Å²) in [6.07, 6.45) is -1.06. The van der Waals surface area contributed by atoms with E-state index in [1.54, 1.807) is 19.3 Å². The van der Waals surface area contributed by atoms with Gasteiger partial charge in [0.2, 0.25) is 5.78 Å². The van der Waals surface area contributed by atoms with Crippen molar-refractivity contribution in [2.75, 3.05) is 7.11 Å². The SMILES string of the molecule is COc1cccc2c1C(=O)c1c(O)c3c(c(O)c1C2=O)C[C@@](O)(C(C)=O)C[C@@H]3O[C@H]1C[C@H](NCc2ccncc2)[C@H](O)[C@H](C)O1. The van der Waals surface area contributed by atoms with Gasteiger partial charge in [-0.15, -0.1) is 0 Å². The molecule has 1 aliphatic heterocycles. The summed E-state index contributed by atoms with van der Waals surface area (Å²) in [7, 11) is 1.35. The Balaban J connectivity index is 1.39. The molecule has 1 aromatic heterocycles. The zero-order valence-corrected chi connectivity index (χ0v) is 24.9. The van der Waals surface area contributed by atoms with E-state index < -0.39 is 82.6 Å². The maximum absolute atomic E-state index is 13.8. The topological polar surface area (TPSA) is 185 Å². The average molecular weight is 619 g/mol. The van der Waals surface area contributed by atoms with Crippen LogP contribution in [0.5, 0.6) is 17.2 Å². The quantitative estimate of drug-likeness (QED) is 0.191. The Labute approximate surface area is 258 Å². The highest BCUT2D eigenvalue weighted by molar-refractivity contribution is 6.31. The third-order valence-corrected chi connectivity index (χ3v) is 9.07. The number of benzene rings is 2. The highest BCUT2D eigenvalue weighted by atomic mass is 16.7. The molecular formula is C33H34N2O10. The molecule has 0 amide bonds. The molecule has 236 valence electrons. The maximum atomic E-state index is 13.8. The number of hydrogen-bond acceptors (Lipinski definition) is 12. The van der Waals surface area contributed by atoms with Crippen molar-refractivity contribution < 1.29 is 49.0 Å². The van der Waals surface area contributed by atoms with E-state index in [1.807, 2.05) is 12.1 Å². The lowest BCUT2D eigenvalue weighted by Gasteiger charge is -2.43. The Morgan fingerprint density at radius 1 is 1.09 bits per heavy atom. The van der Waals surface area contributed by atoms with E-state index in [0.717, 1.165) is 5.56 Å². The van der Waals surface area contributed by atoms with Crippen molar-refractivity contribution in [3.63, 3.8) is 0 Å². The summed E-state index contributed by atoms with van der Waals surface area (Å²) in [6.45, 7) is 3.31. The van der Waals surface area contributed by atoms with Crippen LogP contribution in [0.1, 0.15) is 81.3 Å². The number of hydrogen-bond donors (Lipinski definition) is 5. The van der Waals surface area contributed by atoms with E-state index in [-0.39, 0.29) is 40.8 Å². The van der Waals surface area contributed by atoms with E-state index in [4.69, 9.17) is 14.2 Å². The van der Waals surface area contributed by atoms with Crippen molar-refractivity contribution in [2.45, 2.75) is 75.9 Å². The number of phenolic OH excluding ortho intramolecular Hbond substituents is 2. The van der Waals surface area contributed by atoms with Crippen LogP contribution in [0.15, 0.2) is 42.7 Å². The molecule has 0 spiro atoms. The van der Waals surface area contributed by atoms with Crippen molar-refractivity contribution in [2.24, 2.45) is 0 Å². The van der Waals surface area contributed by atoms with Gasteiger partial charge < -0.3 is 40.0 Å². The number of ether oxygens (including phenoxy) is 3. The van der Waals surface area contributed by atoms with E-state index in [9.17, 15) is 34.8 Å². The Bertz CT molecular complexity index is 1690. The molecule has 0 saturated carbocycles. The van der Waals surface area contributed by atoms with Crippen molar-refractivity contribution in [3.05, 3.63) is 81.7 Å². The third-order valence-electron chi connectivity index (χ3n) is 9.07. The van der Waals surface area contributed by atoms with Gasteiger partial charge in [-0.05, 0) is 37.6 Å². The number of rotatable bonds is 7. The van der Waals surface area contributed by atoms with Gasteiger partial charge in [-0.2, -0.15) is 0 Å². The Hall–Kier alpha value is -4.20. The fourth-order valence-corrected chi connectivity index (χ4v) is 6.58. The summed E-state index contributed by atoms with van der Waals surface area (Å²) in [6, 6.07) is 7.67. The Morgan fingerprint density at radius 2 is 1.80 bits per heavy atom. The number of aliphatic hydroxyl groups excluding tert-OH is 1. The summed E-state index contributed by atoms with van der Waals surface area (Å²) in [4.78, 5) is 44.2. The van der Waals surface area contributed by atoms with Gasteiger partial charge in [-0.1, -0.05) is 12.1 Å². The second-order valence-corrected chi connectivity index (χ2v) is 11.8. The maximum Gasteiger partial charge on any atom is 0.202 e. The molecule has 1 saturated heterocycles. The highest BCUT2D eigenvalue weighted by Gasteiger charge is 2.49. The number of phenols is 2. The summed E-state index contributed by atoms with van der Waals surface area (Å²) in [5, 5.41) is 48.8. The Morgan fingerprint density at radius 3 is 2.49 bits per heavy atom. The molecule has 1 fully saturated rings. The zero-order valence-electron chi connectivity index (χ0n) is 24.9. The first-order valence-electron chi connectivity index (χ1n) is 14.7. The van der Waals surface area contributed by atoms with Gasteiger partial charge in [-0.25, -0.2) is 0 Å². The van der Waals surface area contributed by atoms with Crippen LogP contribution in [-0.2, 0) is 27.2 Å². The number of nitrogens with one attached hydrogen (secondary N) is 1. The summed E-state index contributed by atoms with van der Waals surface area (Å²) < 4.78 is 17.6. The summed E-state index contributed by atoms with van der Waals surface area (Å²) >= 11 is 0. The number of fused-ring (bicyclic) bond motifs is 3. The number of methoxy groups -OCH3 is 1. The monoisotopic (exact) mass is 618 g/mol. The standard InChI is InChI=1S/C33H34N2O10/c1-15-28(37)20(35-14-17-7-9-34-10-8-17)11-23(44-15)45-22-13-33(42,16(2)36)12-19-25(22)32(41)27-26(30(19)39)29(38)18-5-4-6-21(43-3)24(18)31(27)40/h4-10,15,20,22-23,28,35,37,39,41-42H,11-14H2,1-3H3/t15-,20-,22-,23-,28+,33-/m0/s1. The first kappa shape index (κ1) is 30.8. The largest absolute Gasteiger partial charge is 0.507 e. The highest BCUT2D eigenvalue weighted by Crippen LogP contribution is 2.52. The number of aromatic hydroxyl groups is 2. The van der Waals surface area contributed by atoms with Crippen molar-refractivity contribution >= 4 is 17.3 Å². The van der Waals surface area contributed by atoms with Gasteiger partial charge in [0.1, 0.15) is 22.8 Å². The fourth-order valence-electron chi connectivity index (χ4n) is 6.58. The lowest BCUT2D eigenvalue weighted by atomic mass is 9.72. The van der Waals surface area contributed by atoms with Crippen LogP contribution >= 0.6 is 0 Å². The van der Waals surface area contributed by atoms with Crippen LogP contribution in [0, 0.1) is 0 Å². The van der Waals surface area contributed by atoms with Crippen molar-refractivity contribution in [1.82, 2.24) is 10.3 Å². The molecular weight excluding hydrogens is 584 g/mol. The summed E-state index contributed by atoms with van der Waals surface area (Å²) in [5.41, 5.74) is -2.08. The van der Waals surface area contributed by atoms with E-state index in [0.29, 0.717) is 6.54 Å².